The molecule has 17 heavy (non-hydrogen) atoms. The molecular formula is C12H9BrClFN2. The molecule has 5 heteroatoms. The van der Waals surface area contributed by atoms with Crippen LogP contribution in [0.15, 0.2) is 28.7 Å². The van der Waals surface area contributed by atoms with Crippen LogP contribution in [0, 0.1) is 5.82 Å². The van der Waals surface area contributed by atoms with Crippen LogP contribution < -0.4 is 0 Å². The highest BCUT2D eigenvalue weighted by Gasteiger charge is 2.09. The Bertz CT molecular complexity index is 560. The van der Waals surface area contributed by atoms with E-state index < -0.39 is 0 Å². The minimum Gasteiger partial charge on any atom is -0.233 e. The van der Waals surface area contributed by atoms with Crippen molar-refractivity contribution in [3.8, 4) is 11.4 Å². The van der Waals surface area contributed by atoms with E-state index in [2.05, 4.69) is 25.9 Å². The largest absolute Gasteiger partial charge is 0.233 e. The highest BCUT2D eigenvalue weighted by molar-refractivity contribution is 9.10. The van der Waals surface area contributed by atoms with Crippen molar-refractivity contribution in [2.24, 2.45) is 0 Å². The number of hydrogen-bond donors (Lipinski definition) is 0. The number of aryl methyl sites for hydroxylation is 1. The summed E-state index contributed by atoms with van der Waals surface area (Å²) in [5.41, 5.74) is 1.43. The second-order valence-electron chi connectivity index (χ2n) is 3.48. The van der Waals surface area contributed by atoms with E-state index in [-0.39, 0.29) is 5.82 Å². The highest BCUT2D eigenvalue weighted by Crippen LogP contribution is 2.27. The Balaban J connectivity index is 2.59. The molecule has 0 spiro atoms. The lowest BCUT2D eigenvalue weighted by molar-refractivity contribution is 0.628. The second-order valence-corrected chi connectivity index (χ2v) is 4.72. The van der Waals surface area contributed by atoms with Crippen LogP contribution in [-0.4, -0.2) is 9.97 Å². The molecule has 0 aliphatic heterocycles. The summed E-state index contributed by atoms with van der Waals surface area (Å²) in [7, 11) is 0. The Morgan fingerprint density at radius 2 is 2.06 bits per heavy atom. The molecule has 2 rings (SSSR count). The summed E-state index contributed by atoms with van der Waals surface area (Å²) in [6.45, 7) is 1.98. The lowest BCUT2D eigenvalue weighted by Gasteiger charge is -2.05. The Hall–Kier alpha value is -1.000. The molecule has 1 aromatic heterocycles. The topological polar surface area (TPSA) is 25.8 Å². The Morgan fingerprint density at radius 1 is 1.29 bits per heavy atom. The van der Waals surface area contributed by atoms with Crippen molar-refractivity contribution in [2.75, 3.05) is 0 Å². The number of rotatable bonds is 2. The molecule has 88 valence electrons. The highest BCUT2D eigenvalue weighted by atomic mass is 79.9. The predicted molar refractivity (Wildman–Crippen MR) is 69.5 cm³/mol. The molecule has 0 amide bonds. The first-order valence-corrected chi connectivity index (χ1v) is 6.26. The van der Waals surface area contributed by atoms with Crippen molar-refractivity contribution >= 4 is 27.5 Å². The van der Waals surface area contributed by atoms with Crippen LogP contribution in [0.25, 0.3) is 11.4 Å². The molecule has 2 aromatic rings. The van der Waals surface area contributed by atoms with E-state index in [0.29, 0.717) is 16.5 Å². The summed E-state index contributed by atoms with van der Waals surface area (Å²) >= 11 is 9.26. The first kappa shape index (κ1) is 12.5. The Morgan fingerprint density at radius 3 is 2.76 bits per heavy atom. The van der Waals surface area contributed by atoms with Gasteiger partial charge in [0.2, 0.25) is 0 Å². The molecular weight excluding hydrogens is 307 g/mol. The summed E-state index contributed by atoms with van der Waals surface area (Å²) in [5, 5.41) is 0.364. The molecule has 0 N–H and O–H groups in total. The Labute approximate surface area is 112 Å². The summed E-state index contributed by atoms with van der Waals surface area (Å²) in [5.74, 6) is 0.102. The molecule has 0 radical (unpaired) electrons. The average molecular weight is 316 g/mol. The zero-order valence-corrected chi connectivity index (χ0v) is 11.4. The van der Waals surface area contributed by atoms with Crippen molar-refractivity contribution in [3.63, 3.8) is 0 Å². The smallest absolute Gasteiger partial charge is 0.162 e. The van der Waals surface area contributed by atoms with Crippen molar-refractivity contribution in [1.82, 2.24) is 9.97 Å². The van der Waals surface area contributed by atoms with E-state index in [9.17, 15) is 4.39 Å². The fourth-order valence-corrected chi connectivity index (χ4v) is 2.06. The predicted octanol–water partition coefficient (Wildman–Crippen LogP) is 4.26. The van der Waals surface area contributed by atoms with Gasteiger partial charge in [-0.1, -0.05) is 34.5 Å². The standard InChI is InChI=1S/C12H9BrClFN2/c1-2-8-6-11(14)17-12(16-8)9-5-7(15)3-4-10(9)13/h3-6H,2H2,1H3. The van der Waals surface area contributed by atoms with Gasteiger partial charge in [0.15, 0.2) is 5.82 Å². The van der Waals surface area contributed by atoms with Gasteiger partial charge in [-0.2, -0.15) is 0 Å². The van der Waals surface area contributed by atoms with Gasteiger partial charge in [-0.15, -0.1) is 0 Å². The normalized spacial score (nSPS) is 10.6. The van der Waals surface area contributed by atoms with Crippen LogP contribution in [0.5, 0.6) is 0 Å². The summed E-state index contributed by atoms with van der Waals surface area (Å²) in [6.07, 6.45) is 0.752. The monoisotopic (exact) mass is 314 g/mol. The maximum atomic E-state index is 13.2. The number of halogens is 3. The summed E-state index contributed by atoms with van der Waals surface area (Å²) < 4.78 is 13.9. The molecule has 0 atom stereocenters. The third-order valence-electron chi connectivity index (χ3n) is 2.28. The molecule has 0 fully saturated rings. The van der Waals surface area contributed by atoms with E-state index in [0.717, 1.165) is 16.6 Å². The third kappa shape index (κ3) is 2.82. The molecule has 0 aliphatic rings. The molecule has 0 saturated heterocycles. The molecule has 0 unspecified atom stereocenters. The van der Waals surface area contributed by atoms with Gasteiger partial charge >= 0.3 is 0 Å². The lowest BCUT2D eigenvalue weighted by atomic mass is 10.2. The number of benzene rings is 1. The van der Waals surface area contributed by atoms with Crippen molar-refractivity contribution in [2.45, 2.75) is 13.3 Å². The van der Waals surface area contributed by atoms with Crippen molar-refractivity contribution in [1.29, 1.82) is 0 Å². The van der Waals surface area contributed by atoms with Gasteiger partial charge in [0.05, 0.1) is 0 Å². The SMILES string of the molecule is CCc1cc(Cl)nc(-c2cc(F)ccc2Br)n1. The van der Waals surface area contributed by atoms with Crippen molar-refractivity contribution < 1.29 is 4.39 Å². The second kappa shape index (κ2) is 5.10. The van der Waals surface area contributed by atoms with Crippen LogP contribution in [0.2, 0.25) is 5.15 Å². The number of nitrogens with zero attached hydrogens (tertiary/aromatic N) is 2. The van der Waals surface area contributed by atoms with Gasteiger partial charge in [-0.3, -0.25) is 0 Å². The Kier molecular flexibility index (Phi) is 3.74. The van der Waals surface area contributed by atoms with Gasteiger partial charge < -0.3 is 0 Å². The molecule has 2 nitrogen and oxygen atoms in total. The van der Waals surface area contributed by atoms with Crippen LogP contribution in [-0.2, 0) is 6.42 Å². The van der Waals surface area contributed by atoms with E-state index in [1.165, 1.54) is 12.1 Å². The van der Waals surface area contributed by atoms with Crippen LogP contribution in [0.4, 0.5) is 4.39 Å². The van der Waals surface area contributed by atoms with E-state index >= 15 is 0 Å². The minimum atomic E-state index is -0.329. The fraction of sp³-hybridized carbons (Fsp3) is 0.167. The zero-order chi connectivity index (χ0) is 12.4. The molecule has 1 heterocycles. The lowest BCUT2D eigenvalue weighted by Crippen LogP contribution is -1.96. The third-order valence-corrected chi connectivity index (χ3v) is 3.16. The zero-order valence-electron chi connectivity index (χ0n) is 9.04. The van der Waals surface area contributed by atoms with Gasteiger partial charge in [-0.25, -0.2) is 14.4 Å². The number of hydrogen-bond acceptors (Lipinski definition) is 2. The van der Waals surface area contributed by atoms with Crippen LogP contribution in [0.1, 0.15) is 12.6 Å². The fourth-order valence-electron chi connectivity index (χ4n) is 1.43. The van der Waals surface area contributed by atoms with Gasteiger partial charge in [0.25, 0.3) is 0 Å². The minimum absolute atomic E-state index is 0.329. The van der Waals surface area contributed by atoms with Crippen LogP contribution in [0.3, 0.4) is 0 Å². The molecule has 0 bridgehead atoms. The van der Waals surface area contributed by atoms with Crippen LogP contribution >= 0.6 is 27.5 Å². The summed E-state index contributed by atoms with van der Waals surface area (Å²) in [4.78, 5) is 8.44. The molecule has 1 aromatic carbocycles. The first-order chi connectivity index (χ1) is 8.10. The van der Waals surface area contributed by atoms with Gasteiger partial charge in [-0.05, 0) is 30.7 Å². The summed E-state index contributed by atoms with van der Waals surface area (Å²) in [6, 6.07) is 6.09. The first-order valence-electron chi connectivity index (χ1n) is 5.09. The van der Waals surface area contributed by atoms with E-state index in [4.69, 9.17) is 11.6 Å². The molecule has 0 saturated carbocycles. The van der Waals surface area contributed by atoms with Crippen molar-refractivity contribution in [3.05, 3.63) is 45.4 Å². The number of aromatic nitrogens is 2. The maximum absolute atomic E-state index is 13.2. The van der Waals surface area contributed by atoms with Gasteiger partial charge in [0.1, 0.15) is 11.0 Å². The van der Waals surface area contributed by atoms with E-state index in [1.807, 2.05) is 6.92 Å². The maximum Gasteiger partial charge on any atom is 0.162 e. The molecule has 0 aliphatic carbocycles. The average Bonchev–Trinajstić information content (AvgIpc) is 2.31. The quantitative estimate of drug-likeness (QED) is 0.774. The van der Waals surface area contributed by atoms with E-state index in [1.54, 1.807) is 12.1 Å². The van der Waals surface area contributed by atoms with Gasteiger partial charge in [0, 0.05) is 15.7 Å².